The second kappa shape index (κ2) is 7.96. The summed E-state index contributed by atoms with van der Waals surface area (Å²) >= 11 is 0. The number of piperazine rings is 1. The zero-order valence-electron chi connectivity index (χ0n) is 14.2. The van der Waals surface area contributed by atoms with Crippen LogP contribution in [0.5, 0.6) is 0 Å². The molecule has 7 nitrogen and oxygen atoms in total. The maximum atomic E-state index is 12.7. The summed E-state index contributed by atoms with van der Waals surface area (Å²) in [7, 11) is -3.54. The van der Waals surface area contributed by atoms with E-state index in [2.05, 4.69) is 0 Å². The van der Waals surface area contributed by atoms with E-state index in [0.717, 1.165) is 5.56 Å². The molecule has 0 saturated carbocycles. The fourth-order valence-corrected chi connectivity index (χ4v) is 4.61. The van der Waals surface area contributed by atoms with E-state index in [9.17, 15) is 13.2 Å². The van der Waals surface area contributed by atoms with Crippen molar-refractivity contribution in [3.05, 3.63) is 66.2 Å². The molecule has 8 heteroatoms. The van der Waals surface area contributed by atoms with Crippen LogP contribution in [0.1, 0.15) is 11.6 Å². The zero-order valence-corrected chi connectivity index (χ0v) is 15.0. The molecule has 0 radical (unpaired) electrons. The minimum Gasteiger partial charge on any atom is -0.289 e. The van der Waals surface area contributed by atoms with E-state index in [1.807, 2.05) is 35.2 Å². The minimum absolute atomic E-state index is 0.265. The Labute approximate surface area is 152 Å². The Morgan fingerprint density at radius 2 is 1.46 bits per heavy atom. The van der Waals surface area contributed by atoms with Crippen molar-refractivity contribution in [1.82, 2.24) is 14.7 Å². The van der Waals surface area contributed by atoms with Crippen LogP contribution in [-0.4, -0.2) is 54.9 Å². The number of hydrogen-bond donors (Lipinski definition) is 2. The first kappa shape index (κ1) is 18.5. The van der Waals surface area contributed by atoms with Gasteiger partial charge in [0.1, 0.15) is 6.04 Å². The average molecular weight is 375 g/mol. The molecule has 0 aliphatic carbocycles. The summed E-state index contributed by atoms with van der Waals surface area (Å²) in [5, 5.41) is 9.09. The lowest BCUT2D eigenvalue weighted by Gasteiger charge is -2.37. The van der Waals surface area contributed by atoms with E-state index in [1.165, 1.54) is 4.31 Å². The Bertz CT molecular complexity index is 835. The van der Waals surface area contributed by atoms with Crippen LogP contribution in [0.4, 0.5) is 0 Å². The maximum Gasteiger partial charge on any atom is 0.265 e. The van der Waals surface area contributed by atoms with Crippen LogP contribution in [-0.2, 0) is 14.8 Å². The molecule has 1 unspecified atom stereocenters. The molecule has 2 aromatic rings. The number of rotatable bonds is 5. The quantitative estimate of drug-likeness (QED) is 0.606. The molecule has 3 rings (SSSR count). The fraction of sp³-hybridized carbons (Fsp3) is 0.278. The van der Waals surface area contributed by atoms with Gasteiger partial charge in [0.15, 0.2) is 0 Å². The fourth-order valence-electron chi connectivity index (χ4n) is 3.17. The number of benzene rings is 2. The molecule has 1 amide bonds. The summed E-state index contributed by atoms with van der Waals surface area (Å²) < 4.78 is 26.9. The third-order valence-electron chi connectivity index (χ3n) is 4.49. The lowest BCUT2D eigenvalue weighted by molar-refractivity contribution is -0.135. The summed E-state index contributed by atoms with van der Waals surface area (Å²) in [6.07, 6.45) is 0. The first-order valence-electron chi connectivity index (χ1n) is 8.32. The van der Waals surface area contributed by atoms with Crippen LogP contribution >= 0.6 is 0 Å². The van der Waals surface area contributed by atoms with E-state index in [1.54, 1.807) is 35.8 Å². The van der Waals surface area contributed by atoms with Gasteiger partial charge in [-0.2, -0.15) is 4.31 Å². The van der Waals surface area contributed by atoms with Gasteiger partial charge in [-0.15, -0.1) is 0 Å². The Morgan fingerprint density at radius 1 is 0.923 bits per heavy atom. The number of carbonyl (C=O) groups is 1. The molecule has 1 heterocycles. The van der Waals surface area contributed by atoms with Gasteiger partial charge >= 0.3 is 0 Å². The number of sulfonamides is 1. The summed E-state index contributed by atoms with van der Waals surface area (Å²) in [6.45, 7) is 1.33. The van der Waals surface area contributed by atoms with Crippen LogP contribution in [0.15, 0.2) is 65.6 Å². The predicted molar refractivity (Wildman–Crippen MR) is 95.9 cm³/mol. The zero-order chi connectivity index (χ0) is 18.6. The molecule has 0 spiro atoms. The van der Waals surface area contributed by atoms with E-state index in [0.29, 0.717) is 13.1 Å². The molecule has 1 fully saturated rings. The number of nitrogens with one attached hydrogen (secondary N) is 1. The molecule has 0 bridgehead atoms. The third-order valence-corrected chi connectivity index (χ3v) is 6.41. The van der Waals surface area contributed by atoms with Gasteiger partial charge < -0.3 is 0 Å². The second-order valence-electron chi connectivity index (χ2n) is 6.04. The highest BCUT2D eigenvalue weighted by Gasteiger charge is 2.34. The molecule has 1 atom stereocenters. The van der Waals surface area contributed by atoms with Gasteiger partial charge in [0.2, 0.25) is 10.0 Å². The van der Waals surface area contributed by atoms with E-state index in [-0.39, 0.29) is 18.0 Å². The van der Waals surface area contributed by atoms with Crippen LogP contribution in [0.2, 0.25) is 0 Å². The highest BCUT2D eigenvalue weighted by Crippen LogP contribution is 2.24. The minimum atomic E-state index is -3.54. The summed E-state index contributed by atoms with van der Waals surface area (Å²) in [5.74, 6) is -0.532. The van der Waals surface area contributed by atoms with Crippen molar-refractivity contribution in [3.63, 3.8) is 0 Å². The second-order valence-corrected chi connectivity index (χ2v) is 7.98. The predicted octanol–water partition coefficient (Wildman–Crippen LogP) is 1.24. The molecular formula is C18H21N3O4S. The van der Waals surface area contributed by atoms with Gasteiger partial charge in [0.05, 0.1) is 4.90 Å². The number of carbonyl (C=O) groups excluding carboxylic acids is 1. The normalized spacial score (nSPS) is 17.6. The Balaban J connectivity index is 1.75. The highest BCUT2D eigenvalue weighted by atomic mass is 32.2. The van der Waals surface area contributed by atoms with Gasteiger partial charge in [-0.1, -0.05) is 48.5 Å². The van der Waals surface area contributed by atoms with Crippen molar-refractivity contribution in [2.24, 2.45) is 0 Å². The smallest absolute Gasteiger partial charge is 0.265 e. The SMILES string of the molecule is O=C(NO)C(c1ccccc1)N1CCN(S(=O)(=O)c2ccccc2)CC1. The Hall–Kier alpha value is -2.26. The first-order chi connectivity index (χ1) is 12.5. The molecule has 2 N–H and O–H groups in total. The maximum absolute atomic E-state index is 12.7. The lowest BCUT2D eigenvalue weighted by Crippen LogP contribution is -2.52. The topological polar surface area (TPSA) is 89.9 Å². The number of hydrogen-bond acceptors (Lipinski definition) is 5. The van der Waals surface area contributed by atoms with Gasteiger partial charge in [0.25, 0.3) is 5.91 Å². The highest BCUT2D eigenvalue weighted by molar-refractivity contribution is 7.89. The first-order valence-corrected chi connectivity index (χ1v) is 9.76. The molecule has 0 aromatic heterocycles. The molecule has 1 saturated heterocycles. The Morgan fingerprint density at radius 3 is 2.00 bits per heavy atom. The van der Waals surface area contributed by atoms with E-state index in [4.69, 9.17) is 5.21 Å². The molecule has 26 heavy (non-hydrogen) atoms. The van der Waals surface area contributed by atoms with Gasteiger partial charge in [-0.3, -0.25) is 14.9 Å². The van der Waals surface area contributed by atoms with Gasteiger partial charge in [-0.05, 0) is 17.7 Å². The standard InChI is InChI=1S/C18H21N3O4S/c22-18(19-23)17(15-7-3-1-4-8-15)20-11-13-21(14-12-20)26(24,25)16-9-5-2-6-10-16/h1-10,17,23H,11-14H2,(H,19,22). The summed E-state index contributed by atoms with van der Waals surface area (Å²) in [5.41, 5.74) is 2.46. The van der Waals surface area contributed by atoms with Crippen LogP contribution in [0.3, 0.4) is 0 Å². The number of amides is 1. The van der Waals surface area contributed by atoms with Crippen molar-refractivity contribution in [2.45, 2.75) is 10.9 Å². The van der Waals surface area contributed by atoms with E-state index < -0.39 is 22.0 Å². The Kier molecular flexibility index (Phi) is 5.67. The van der Waals surface area contributed by atoms with Crippen molar-refractivity contribution < 1.29 is 18.4 Å². The van der Waals surface area contributed by atoms with Gasteiger partial charge in [0, 0.05) is 26.2 Å². The summed E-state index contributed by atoms with van der Waals surface area (Å²) in [4.78, 5) is 14.3. The van der Waals surface area contributed by atoms with Crippen LogP contribution < -0.4 is 5.48 Å². The average Bonchev–Trinajstić information content (AvgIpc) is 2.70. The summed E-state index contributed by atoms with van der Waals surface area (Å²) in [6, 6.07) is 16.8. The third kappa shape index (κ3) is 3.78. The van der Waals surface area contributed by atoms with Gasteiger partial charge in [-0.25, -0.2) is 13.9 Å². The number of hydroxylamine groups is 1. The van der Waals surface area contributed by atoms with Crippen molar-refractivity contribution in [2.75, 3.05) is 26.2 Å². The molecule has 2 aromatic carbocycles. The molecule has 1 aliphatic heterocycles. The van der Waals surface area contributed by atoms with Crippen molar-refractivity contribution >= 4 is 15.9 Å². The number of nitrogens with zero attached hydrogens (tertiary/aromatic N) is 2. The van der Waals surface area contributed by atoms with Crippen LogP contribution in [0.25, 0.3) is 0 Å². The van der Waals surface area contributed by atoms with Crippen molar-refractivity contribution in [3.8, 4) is 0 Å². The monoisotopic (exact) mass is 375 g/mol. The van der Waals surface area contributed by atoms with Crippen LogP contribution in [0, 0.1) is 0 Å². The molecule has 1 aliphatic rings. The lowest BCUT2D eigenvalue weighted by atomic mass is 10.0. The molecule has 138 valence electrons. The molecular weight excluding hydrogens is 354 g/mol. The van der Waals surface area contributed by atoms with Crippen molar-refractivity contribution in [1.29, 1.82) is 0 Å². The van der Waals surface area contributed by atoms with E-state index >= 15 is 0 Å². The largest absolute Gasteiger partial charge is 0.289 e.